The molecule has 1 fully saturated rings. The Kier molecular flexibility index (Phi) is 7.42. The Morgan fingerprint density at radius 3 is 2.55 bits per heavy atom. The van der Waals surface area contributed by atoms with E-state index in [0.717, 1.165) is 25.7 Å². The Bertz CT molecular complexity index is 391. The molecule has 7 nitrogen and oxygen atoms in total. The number of ether oxygens (including phenoxy) is 1. The molecule has 0 heterocycles. The van der Waals surface area contributed by atoms with Crippen LogP contribution in [0.2, 0.25) is 0 Å². The molecule has 8 heteroatoms. The van der Waals surface area contributed by atoms with Crippen molar-refractivity contribution in [2.45, 2.75) is 50.7 Å². The molecule has 0 saturated heterocycles. The largest absolute Gasteiger partial charge is 0.481 e. The monoisotopic (exact) mass is 308 g/mol. The summed E-state index contributed by atoms with van der Waals surface area (Å²) in [5.41, 5.74) is 5.80. The fourth-order valence-corrected chi connectivity index (χ4v) is 3.14. The number of hydrogen-bond donors (Lipinski definition) is 3. The summed E-state index contributed by atoms with van der Waals surface area (Å²) in [5.74, 6) is -1.50. The van der Waals surface area contributed by atoms with Gasteiger partial charge in [-0.2, -0.15) is 0 Å². The second-order valence-electron chi connectivity index (χ2n) is 5.12. The van der Waals surface area contributed by atoms with E-state index in [1.54, 1.807) is 0 Å². The number of rotatable bonds is 9. The van der Waals surface area contributed by atoms with E-state index in [9.17, 15) is 13.2 Å². The first kappa shape index (κ1) is 17.4. The van der Waals surface area contributed by atoms with Crippen LogP contribution in [0.3, 0.4) is 0 Å². The highest BCUT2D eigenvalue weighted by molar-refractivity contribution is 7.89. The van der Waals surface area contributed by atoms with E-state index in [2.05, 4.69) is 4.72 Å². The van der Waals surface area contributed by atoms with Crippen LogP contribution < -0.4 is 10.5 Å². The van der Waals surface area contributed by atoms with Crippen LogP contribution in [0.15, 0.2) is 0 Å². The standard InChI is InChI=1S/C12H24N2O5S/c13-10-2-4-11(5-3-10)19-8-1-7-14-20(17,18)9-6-12(15)16/h10-11,14H,1-9,13H2,(H,15,16). The summed E-state index contributed by atoms with van der Waals surface area (Å²) in [7, 11) is -3.49. The molecule has 0 radical (unpaired) electrons. The Morgan fingerprint density at radius 2 is 1.95 bits per heavy atom. The zero-order valence-electron chi connectivity index (χ0n) is 11.6. The van der Waals surface area contributed by atoms with E-state index in [-0.39, 0.29) is 30.9 Å². The second kappa shape index (κ2) is 8.56. The number of nitrogens with two attached hydrogens (primary N) is 1. The number of hydrogen-bond acceptors (Lipinski definition) is 5. The third-order valence-electron chi connectivity index (χ3n) is 3.30. The predicted octanol–water partition coefficient (Wildman–Crippen LogP) is 0.0571. The lowest BCUT2D eigenvalue weighted by Gasteiger charge is -2.26. The zero-order valence-corrected chi connectivity index (χ0v) is 12.4. The minimum absolute atomic E-state index is 0.235. The molecule has 20 heavy (non-hydrogen) atoms. The third kappa shape index (κ3) is 7.78. The summed E-state index contributed by atoms with van der Waals surface area (Å²) in [5, 5.41) is 8.43. The number of sulfonamides is 1. The fraction of sp³-hybridized carbons (Fsp3) is 0.917. The number of nitrogens with one attached hydrogen (secondary N) is 1. The molecule has 1 aliphatic carbocycles. The molecule has 0 amide bonds. The maximum absolute atomic E-state index is 11.4. The van der Waals surface area contributed by atoms with Gasteiger partial charge in [-0.3, -0.25) is 4.79 Å². The molecule has 1 rings (SSSR count). The number of carbonyl (C=O) groups is 1. The Hall–Kier alpha value is -0.700. The molecule has 0 aromatic carbocycles. The van der Waals surface area contributed by atoms with Crippen molar-refractivity contribution >= 4 is 16.0 Å². The summed E-state index contributed by atoms with van der Waals surface area (Å²) in [4.78, 5) is 10.3. The zero-order chi connectivity index (χ0) is 15.0. The summed E-state index contributed by atoms with van der Waals surface area (Å²) in [6.45, 7) is 0.773. The van der Waals surface area contributed by atoms with Crippen LogP contribution in [-0.4, -0.2) is 50.5 Å². The van der Waals surface area contributed by atoms with E-state index < -0.39 is 16.0 Å². The number of carboxylic acids is 1. The highest BCUT2D eigenvalue weighted by Crippen LogP contribution is 2.19. The molecular formula is C12H24N2O5S. The summed E-state index contributed by atoms with van der Waals surface area (Å²) < 4.78 is 30.8. The Balaban J connectivity index is 2.05. The van der Waals surface area contributed by atoms with Crippen LogP contribution in [0.25, 0.3) is 0 Å². The van der Waals surface area contributed by atoms with Crippen LogP contribution in [0, 0.1) is 0 Å². The van der Waals surface area contributed by atoms with Gasteiger partial charge in [-0.25, -0.2) is 13.1 Å². The summed E-state index contributed by atoms with van der Waals surface area (Å²) in [6.07, 6.45) is 4.32. The Labute approximate surface area is 119 Å². The molecule has 1 aliphatic rings. The first-order valence-corrected chi connectivity index (χ1v) is 8.60. The van der Waals surface area contributed by atoms with Crippen LogP contribution in [0.1, 0.15) is 38.5 Å². The van der Waals surface area contributed by atoms with Crippen LogP contribution in [-0.2, 0) is 19.6 Å². The van der Waals surface area contributed by atoms with Crippen LogP contribution in [0.5, 0.6) is 0 Å². The lowest BCUT2D eigenvalue weighted by atomic mass is 9.94. The van der Waals surface area contributed by atoms with Crippen molar-refractivity contribution in [3.63, 3.8) is 0 Å². The van der Waals surface area contributed by atoms with E-state index >= 15 is 0 Å². The van der Waals surface area contributed by atoms with Gasteiger partial charge in [-0.05, 0) is 32.1 Å². The predicted molar refractivity (Wildman–Crippen MR) is 74.8 cm³/mol. The van der Waals surface area contributed by atoms with Gasteiger partial charge >= 0.3 is 5.97 Å². The van der Waals surface area contributed by atoms with Gasteiger partial charge in [0, 0.05) is 19.2 Å². The van der Waals surface area contributed by atoms with Crippen molar-refractivity contribution in [1.82, 2.24) is 4.72 Å². The fourth-order valence-electron chi connectivity index (χ4n) is 2.10. The first-order chi connectivity index (χ1) is 9.39. The number of carboxylic acid groups (broad SMARTS) is 1. The molecule has 0 unspecified atom stereocenters. The maximum atomic E-state index is 11.4. The highest BCUT2D eigenvalue weighted by atomic mass is 32.2. The van der Waals surface area contributed by atoms with E-state index in [1.807, 2.05) is 0 Å². The minimum atomic E-state index is -3.49. The minimum Gasteiger partial charge on any atom is -0.481 e. The van der Waals surface area contributed by atoms with E-state index in [1.165, 1.54) is 0 Å². The first-order valence-electron chi connectivity index (χ1n) is 6.95. The van der Waals surface area contributed by atoms with Gasteiger partial charge in [0.1, 0.15) is 0 Å². The van der Waals surface area contributed by atoms with Crippen molar-refractivity contribution in [1.29, 1.82) is 0 Å². The molecule has 0 spiro atoms. The second-order valence-corrected chi connectivity index (χ2v) is 7.04. The van der Waals surface area contributed by atoms with Gasteiger partial charge in [0.05, 0.1) is 18.3 Å². The van der Waals surface area contributed by atoms with Gasteiger partial charge in [-0.15, -0.1) is 0 Å². The Morgan fingerprint density at radius 1 is 1.30 bits per heavy atom. The van der Waals surface area contributed by atoms with Crippen molar-refractivity contribution in [2.24, 2.45) is 5.73 Å². The van der Waals surface area contributed by atoms with Crippen LogP contribution in [0.4, 0.5) is 0 Å². The third-order valence-corrected chi connectivity index (χ3v) is 4.69. The van der Waals surface area contributed by atoms with E-state index in [4.69, 9.17) is 15.6 Å². The van der Waals surface area contributed by atoms with Crippen LogP contribution >= 0.6 is 0 Å². The maximum Gasteiger partial charge on any atom is 0.304 e. The molecule has 0 aromatic heterocycles. The average Bonchev–Trinajstić information content (AvgIpc) is 2.38. The molecule has 0 atom stereocenters. The molecule has 0 bridgehead atoms. The van der Waals surface area contributed by atoms with Gasteiger partial charge in [-0.1, -0.05) is 0 Å². The molecule has 0 aliphatic heterocycles. The molecule has 0 aromatic rings. The van der Waals surface area contributed by atoms with Gasteiger partial charge in [0.25, 0.3) is 0 Å². The highest BCUT2D eigenvalue weighted by Gasteiger charge is 2.18. The molecule has 1 saturated carbocycles. The van der Waals surface area contributed by atoms with Gasteiger partial charge < -0.3 is 15.6 Å². The molecule has 4 N–H and O–H groups in total. The summed E-state index contributed by atoms with van der Waals surface area (Å²) >= 11 is 0. The lowest BCUT2D eigenvalue weighted by molar-refractivity contribution is -0.136. The quantitative estimate of drug-likeness (QED) is 0.518. The van der Waals surface area contributed by atoms with Crippen molar-refractivity contribution < 1.29 is 23.1 Å². The average molecular weight is 308 g/mol. The molecule has 118 valence electrons. The number of aliphatic carboxylic acids is 1. The topological polar surface area (TPSA) is 119 Å². The normalized spacial score (nSPS) is 23.6. The van der Waals surface area contributed by atoms with Gasteiger partial charge in [0.15, 0.2) is 0 Å². The van der Waals surface area contributed by atoms with E-state index in [0.29, 0.717) is 13.0 Å². The van der Waals surface area contributed by atoms with Crippen molar-refractivity contribution in [2.75, 3.05) is 18.9 Å². The SMILES string of the molecule is NC1CCC(OCCCNS(=O)(=O)CCC(=O)O)CC1. The summed E-state index contributed by atoms with van der Waals surface area (Å²) in [6, 6.07) is 0.288. The van der Waals surface area contributed by atoms with Gasteiger partial charge in [0.2, 0.25) is 10.0 Å². The molecular weight excluding hydrogens is 284 g/mol. The van der Waals surface area contributed by atoms with Crippen molar-refractivity contribution in [3.8, 4) is 0 Å². The lowest BCUT2D eigenvalue weighted by Crippen LogP contribution is -2.31. The van der Waals surface area contributed by atoms with Crippen molar-refractivity contribution in [3.05, 3.63) is 0 Å². The smallest absolute Gasteiger partial charge is 0.304 e.